The first kappa shape index (κ1) is 13.4. The molecule has 1 aromatic heterocycles. The molecule has 1 aliphatic heterocycles. The van der Waals surface area contributed by atoms with Gasteiger partial charge >= 0.3 is 0 Å². The number of pyridine rings is 1. The van der Waals surface area contributed by atoms with Crippen LogP contribution < -0.4 is 10.2 Å². The molecule has 0 radical (unpaired) electrons. The molecule has 2 rings (SSSR count). The third-order valence-electron chi connectivity index (χ3n) is 3.09. The standard InChI is InChI=1S/C14H20ClN3/c1-2-3-5-12-10-13(11-17-14(12)15)18-8-4-6-16-7-9-18/h3,5,10-11,16H,2,4,6-9H2,1H3/b5-3+. The van der Waals surface area contributed by atoms with Crippen molar-refractivity contribution in [3.05, 3.63) is 29.1 Å². The normalized spacial score (nSPS) is 17.1. The lowest BCUT2D eigenvalue weighted by Crippen LogP contribution is -2.27. The molecule has 0 atom stereocenters. The van der Waals surface area contributed by atoms with E-state index in [0.29, 0.717) is 5.15 Å². The molecule has 1 aliphatic rings. The molecule has 1 fully saturated rings. The Morgan fingerprint density at radius 1 is 1.44 bits per heavy atom. The number of hydrogen-bond acceptors (Lipinski definition) is 3. The second kappa shape index (κ2) is 6.76. The van der Waals surface area contributed by atoms with Crippen LogP contribution >= 0.6 is 11.6 Å². The molecular formula is C14H20ClN3. The molecule has 98 valence electrons. The summed E-state index contributed by atoms with van der Waals surface area (Å²) in [5.41, 5.74) is 2.17. The third-order valence-corrected chi connectivity index (χ3v) is 3.41. The number of anilines is 1. The molecule has 1 aromatic rings. The van der Waals surface area contributed by atoms with Crippen molar-refractivity contribution in [2.45, 2.75) is 19.8 Å². The molecule has 0 aliphatic carbocycles. The molecule has 3 nitrogen and oxygen atoms in total. The van der Waals surface area contributed by atoms with E-state index in [-0.39, 0.29) is 0 Å². The first-order valence-corrected chi connectivity index (χ1v) is 6.97. The lowest BCUT2D eigenvalue weighted by molar-refractivity contribution is 0.724. The van der Waals surface area contributed by atoms with E-state index in [0.717, 1.165) is 38.2 Å². The van der Waals surface area contributed by atoms with Crippen molar-refractivity contribution in [2.75, 3.05) is 31.1 Å². The fourth-order valence-corrected chi connectivity index (χ4v) is 2.26. The van der Waals surface area contributed by atoms with E-state index >= 15 is 0 Å². The van der Waals surface area contributed by atoms with Crippen molar-refractivity contribution in [2.24, 2.45) is 0 Å². The highest BCUT2D eigenvalue weighted by Gasteiger charge is 2.11. The Balaban J connectivity index is 2.19. The lowest BCUT2D eigenvalue weighted by Gasteiger charge is -2.22. The average molecular weight is 266 g/mol. The Hall–Kier alpha value is -1.06. The fourth-order valence-electron chi connectivity index (χ4n) is 2.09. The van der Waals surface area contributed by atoms with Crippen LogP contribution in [0.15, 0.2) is 18.3 Å². The largest absolute Gasteiger partial charge is 0.369 e. The van der Waals surface area contributed by atoms with Gasteiger partial charge in [-0.2, -0.15) is 0 Å². The minimum absolute atomic E-state index is 0.580. The number of nitrogens with one attached hydrogen (secondary N) is 1. The van der Waals surface area contributed by atoms with Crippen molar-refractivity contribution in [3.8, 4) is 0 Å². The zero-order valence-corrected chi connectivity index (χ0v) is 11.6. The molecule has 1 saturated heterocycles. The summed E-state index contributed by atoms with van der Waals surface area (Å²) in [5, 5.41) is 3.99. The first-order valence-electron chi connectivity index (χ1n) is 6.59. The Morgan fingerprint density at radius 2 is 2.33 bits per heavy atom. The van der Waals surface area contributed by atoms with Crippen LogP contribution in [0.3, 0.4) is 0 Å². The highest BCUT2D eigenvalue weighted by atomic mass is 35.5. The molecule has 0 aromatic carbocycles. The van der Waals surface area contributed by atoms with Gasteiger partial charge in [0.25, 0.3) is 0 Å². The number of rotatable bonds is 3. The van der Waals surface area contributed by atoms with Gasteiger partial charge in [0.1, 0.15) is 5.15 Å². The van der Waals surface area contributed by atoms with E-state index in [1.54, 1.807) is 0 Å². The van der Waals surface area contributed by atoms with Crippen molar-refractivity contribution in [1.82, 2.24) is 10.3 Å². The topological polar surface area (TPSA) is 28.2 Å². The van der Waals surface area contributed by atoms with Gasteiger partial charge in [0, 0.05) is 25.2 Å². The van der Waals surface area contributed by atoms with Crippen molar-refractivity contribution < 1.29 is 0 Å². The molecular weight excluding hydrogens is 246 g/mol. The van der Waals surface area contributed by atoms with Gasteiger partial charge in [-0.1, -0.05) is 30.7 Å². The van der Waals surface area contributed by atoms with Gasteiger partial charge in [-0.25, -0.2) is 4.98 Å². The minimum Gasteiger partial charge on any atom is -0.369 e. The molecule has 1 N–H and O–H groups in total. The van der Waals surface area contributed by atoms with Crippen LogP contribution in [-0.2, 0) is 0 Å². The number of nitrogens with zero attached hydrogens (tertiary/aromatic N) is 2. The molecule has 0 amide bonds. The van der Waals surface area contributed by atoms with Gasteiger partial charge in [0.15, 0.2) is 0 Å². The van der Waals surface area contributed by atoms with Crippen LogP contribution in [0.4, 0.5) is 5.69 Å². The summed E-state index contributed by atoms with van der Waals surface area (Å²) in [6.07, 6.45) is 8.21. The molecule has 0 bridgehead atoms. The highest BCUT2D eigenvalue weighted by Crippen LogP contribution is 2.22. The molecule has 0 unspecified atom stereocenters. The molecule has 18 heavy (non-hydrogen) atoms. The van der Waals surface area contributed by atoms with E-state index in [1.807, 2.05) is 6.20 Å². The maximum atomic E-state index is 6.11. The van der Waals surface area contributed by atoms with Crippen LogP contribution in [0.25, 0.3) is 6.08 Å². The van der Waals surface area contributed by atoms with Gasteiger partial charge in [-0.15, -0.1) is 0 Å². The van der Waals surface area contributed by atoms with E-state index < -0.39 is 0 Å². The predicted molar refractivity (Wildman–Crippen MR) is 78.3 cm³/mol. The molecule has 0 saturated carbocycles. The van der Waals surface area contributed by atoms with Crippen molar-refractivity contribution in [1.29, 1.82) is 0 Å². The monoisotopic (exact) mass is 265 g/mol. The Labute approximate surface area is 114 Å². The Morgan fingerprint density at radius 3 is 3.17 bits per heavy atom. The van der Waals surface area contributed by atoms with Gasteiger partial charge in [0.2, 0.25) is 0 Å². The summed E-state index contributed by atoms with van der Waals surface area (Å²) in [6, 6.07) is 2.13. The smallest absolute Gasteiger partial charge is 0.136 e. The summed E-state index contributed by atoms with van der Waals surface area (Å²) in [7, 11) is 0. The second-order valence-electron chi connectivity index (χ2n) is 4.47. The SMILES string of the molecule is CC/C=C/c1cc(N2CCCNCC2)cnc1Cl. The predicted octanol–water partition coefficient (Wildman–Crippen LogP) is 2.96. The van der Waals surface area contributed by atoms with Crippen LogP contribution in [-0.4, -0.2) is 31.2 Å². The highest BCUT2D eigenvalue weighted by molar-refractivity contribution is 6.30. The lowest BCUT2D eigenvalue weighted by atomic mass is 10.2. The number of hydrogen-bond donors (Lipinski definition) is 1. The zero-order chi connectivity index (χ0) is 12.8. The van der Waals surface area contributed by atoms with E-state index in [9.17, 15) is 0 Å². The first-order chi connectivity index (χ1) is 8.81. The minimum atomic E-state index is 0.580. The van der Waals surface area contributed by atoms with E-state index in [4.69, 9.17) is 11.6 Å². The maximum Gasteiger partial charge on any atom is 0.136 e. The van der Waals surface area contributed by atoms with Gasteiger partial charge < -0.3 is 10.2 Å². The fraction of sp³-hybridized carbons (Fsp3) is 0.500. The molecule has 4 heteroatoms. The second-order valence-corrected chi connectivity index (χ2v) is 4.83. The number of halogens is 1. The Kier molecular flexibility index (Phi) is 5.02. The Bertz CT molecular complexity index is 410. The maximum absolute atomic E-state index is 6.11. The average Bonchev–Trinajstić information content (AvgIpc) is 2.67. The number of aromatic nitrogens is 1. The van der Waals surface area contributed by atoms with Gasteiger partial charge in [0.05, 0.1) is 11.9 Å². The molecule has 0 spiro atoms. The van der Waals surface area contributed by atoms with Crippen molar-refractivity contribution >= 4 is 23.4 Å². The zero-order valence-electron chi connectivity index (χ0n) is 10.8. The van der Waals surface area contributed by atoms with Crippen LogP contribution in [0.5, 0.6) is 0 Å². The quantitative estimate of drug-likeness (QED) is 0.852. The molecule has 2 heterocycles. The van der Waals surface area contributed by atoms with Gasteiger partial charge in [-0.05, 0) is 25.5 Å². The van der Waals surface area contributed by atoms with Crippen LogP contribution in [0.1, 0.15) is 25.3 Å². The van der Waals surface area contributed by atoms with E-state index in [1.165, 1.54) is 12.1 Å². The summed E-state index contributed by atoms with van der Waals surface area (Å²) >= 11 is 6.11. The summed E-state index contributed by atoms with van der Waals surface area (Å²) in [6.45, 7) is 6.35. The van der Waals surface area contributed by atoms with Crippen LogP contribution in [0.2, 0.25) is 5.15 Å². The number of allylic oxidation sites excluding steroid dienone is 1. The van der Waals surface area contributed by atoms with E-state index in [2.05, 4.69) is 40.3 Å². The third kappa shape index (κ3) is 3.47. The summed E-state index contributed by atoms with van der Waals surface area (Å²) < 4.78 is 0. The van der Waals surface area contributed by atoms with Crippen LogP contribution in [0, 0.1) is 0 Å². The summed E-state index contributed by atoms with van der Waals surface area (Å²) in [5.74, 6) is 0. The summed E-state index contributed by atoms with van der Waals surface area (Å²) in [4.78, 5) is 6.66. The van der Waals surface area contributed by atoms with Gasteiger partial charge in [-0.3, -0.25) is 0 Å². The van der Waals surface area contributed by atoms with Crippen molar-refractivity contribution in [3.63, 3.8) is 0 Å².